The van der Waals surface area contributed by atoms with E-state index >= 15 is 0 Å². The minimum atomic E-state index is 0.164. The predicted octanol–water partition coefficient (Wildman–Crippen LogP) is 5.19. The van der Waals surface area contributed by atoms with Crippen LogP contribution in [-0.2, 0) is 6.42 Å². The Kier molecular flexibility index (Phi) is 4.17. The Labute approximate surface area is 148 Å². The molecule has 25 heavy (non-hydrogen) atoms. The van der Waals surface area contributed by atoms with E-state index in [4.69, 9.17) is 0 Å². The standard InChI is InChI=1S/C23H19NO/c25-23-19(17-18-9-7-8-14-22(18)23)15-16-24(20-10-3-1-4-11-20)21-12-5-2-6-13-21/h1-15H,16-17H2/b19-15-. The summed E-state index contributed by atoms with van der Waals surface area (Å²) in [5.74, 6) is 0.164. The summed E-state index contributed by atoms with van der Waals surface area (Å²) in [6, 6.07) is 28.4. The first-order valence-electron chi connectivity index (χ1n) is 8.52. The van der Waals surface area contributed by atoms with Gasteiger partial charge in [-0.05, 0) is 29.8 Å². The average molecular weight is 325 g/mol. The topological polar surface area (TPSA) is 20.3 Å². The monoisotopic (exact) mass is 325 g/mol. The number of Topliss-reactive ketones (excluding diaryl/α,β-unsaturated/α-hetero) is 1. The molecule has 3 aromatic carbocycles. The van der Waals surface area contributed by atoms with Crippen LogP contribution in [0.25, 0.3) is 0 Å². The summed E-state index contributed by atoms with van der Waals surface area (Å²) in [7, 11) is 0. The molecule has 2 nitrogen and oxygen atoms in total. The molecule has 0 heterocycles. The van der Waals surface area contributed by atoms with Gasteiger partial charge < -0.3 is 4.90 Å². The number of carbonyl (C=O) groups is 1. The smallest absolute Gasteiger partial charge is 0.189 e. The molecule has 0 saturated heterocycles. The van der Waals surface area contributed by atoms with E-state index in [2.05, 4.69) is 35.2 Å². The number of hydrogen-bond donors (Lipinski definition) is 0. The third kappa shape index (κ3) is 3.11. The zero-order valence-electron chi connectivity index (χ0n) is 13.9. The quantitative estimate of drug-likeness (QED) is 0.615. The van der Waals surface area contributed by atoms with Gasteiger partial charge in [0.15, 0.2) is 5.78 Å². The van der Waals surface area contributed by atoms with Gasteiger partial charge in [0, 0.05) is 35.5 Å². The van der Waals surface area contributed by atoms with E-state index in [0.717, 1.165) is 34.5 Å². The van der Waals surface area contributed by atoms with E-state index < -0.39 is 0 Å². The molecule has 0 saturated carbocycles. The number of hydrogen-bond acceptors (Lipinski definition) is 2. The molecular formula is C23H19NO. The van der Waals surface area contributed by atoms with Crippen LogP contribution in [0.4, 0.5) is 11.4 Å². The Morgan fingerprint density at radius 3 is 1.92 bits per heavy atom. The number of rotatable bonds is 4. The van der Waals surface area contributed by atoms with Gasteiger partial charge in [0.2, 0.25) is 0 Å². The molecule has 0 radical (unpaired) electrons. The van der Waals surface area contributed by atoms with Gasteiger partial charge in [-0.15, -0.1) is 0 Å². The zero-order chi connectivity index (χ0) is 17.1. The molecular weight excluding hydrogens is 306 g/mol. The molecule has 0 spiro atoms. The SMILES string of the molecule is O=C1/C(=C\CN(c2ccccc2)c2ccccc2)Cc2ccccc21. The van der Waals surface area contributed by atoms with Crippen molar-refractivity contribution in [2.24, 2.45) is 0 Å². The summed E-state index contributed by atoms with van der Waals surface area (Å²) >= 11 is 0. The fraction of sp³-hybridized carbons (Fsp3) is 0.0870. The lowest BCUT2D eigenvalue weighted by atomic mass is 10.1. The molecule has 0 unspecified atom stereocenters. The van der Waals surface area contributed by atoms with Crippen molar-refractivity contribution in [3.8, 4) is 0 Å². The molecule has 1 aliphatic rings. The van der Waals surface area contributed by atoms with Crippen molar-refractivity contribution < 1.29 is 4.79 Å². The lowest BCUT2D eigenvalue weighted by Gasteiger charge is -2.23. The Morgan fingerprint density at radius 1 is 0.760 bits per heavy atom. The van der Waals surface area contributed by atoms with Gasteiger partial charge in [-0.2, -0.15) is 0 Å². The number of allylic oxidation sites excluding steroid dienone is 1. The number of fused-ring (bicyclic) bond motifs is 1. The number of benzene rings is 3. The summed E-state index contributed by atoms with van der Waals surface area (Å²) in [5, 5.41) is 0. The van der Waals surface area contributed by atoms with Crippen molar-refractivity contribution in [1.82, 2.24) is 0 Å². The normalized spacial score (nSPS) is 14.6. The number of nitrogens with zero attached hydrogens (tertiary/aromatic N) is 1. The van der Waals surface area contributed by atoms with Gasteiger partial charge in [0.25, 0.3) is 0 Å². The number of para-hydroxylation sites is 2. The molecule has 0 amide bonds. The first-order valence-corrected chi connectivity index (χ1v) is 8.52. The summed E-state index contributed by atoms with van der Waals surface area (Å²) in [6.45, 7) is 0.670. The molecule has 0 bridgehead atoms. The maximum absolute atomic E-state index is 12.6. The lowest BCUT2D eigenvalue weighted by molar-refractivity contribution is 0.103. The summed E-state index contributed by atoms with van der Waals surface area (Å²) in [6.07, 6.45) is 2.80. The molecule has 2 heteroatoms. The second-order valence-corrected chi connectivity index (χ2v) is 6.17. The van der Waals surface area contributed by atoms with E-state index in [9.17, 15) is 4.79 Å². The van der Waals surface area contributed by atoms with Crippen LogP contribution in [0.5, 0.6) is 0 Å². The van der Waals surface area contributed by atoms with Crippen LogP contribution >= 0.6 is 0 Å². The van der Waals surface area contributed by atoms with Crippen LogP contribution in [0.15, 0.2) is 96.6 Å². The average Bonchev–Trinajstić information content (AvgIpc) is 3.00. The van der Waals surface area contributed by atoms with Crippen molar-refractivity contribution in [2.75, 3.05) is 11.4 Å². The third-order valence-electron chi connectivity index (χ3n) is 4.59. The van der Waals surface area contributed by atoms with Crippen LogP contribution in [0.2, 0.25) is 0 Å². The predicted molar refractivity (Wildman–Crippen MR) is 102 cm³/mol. The minimum absolute atomic E-state index is 0.164. The molecule has 0 atom stereocenters. The Hall–Kier alpha value is -3.13. The second kappa shape index (κ2) is 6.78. The fourth-order valence-electron chi connectivity index (χ4n) is 3.30. The van der Waals surface area contributed by atoms with Crippen molar-refractivity contribution in [3.63, 3.8) is 0 Å². The summed E-state index contributed by atoms with van der Waals surface area (Å²) in [4.78, 5) is 14.8. The van der Waals surface area contributed by atoms with Crippen LogP contribution in [0.1, 0.15) is 15.9 Å². The Morgan fingerprint density at radius 2 is 1.32 bits per heavy atom. The number of ketones is 1. The summed E-state index contributed by atoms with van der Waals surface area (Å²) < 4.78 is 0. The maximum atomic E-state index is 12.6. The van der Waals surface area contributed by atoms with Crippen LogP contribution in [0, 0.1) is 0 Å². The van der Waals surface area contributed by atoms with Crippen LogP contribution < -0.4 is 4.90 Å². The van der Waals surface area contributed by atoms with E-state index in [-0.39, 0.29) is 5.78 Å². The van der Waals surface area contributed by atoms with E-state index in [1.54, 1.807) is 0 Å². The van der Waals surface area contributed by atoms with E-state index in [1.807, 2.05) is 60.7 Å². The minimum Gasteiger partial charge on any atom is -0.338 e. The van der Waals surface area contributed by atoms with Crippen LogP contribution in [-0.4, -0.2) is 12.3 Å². The Bertz CT molecular complexity index is 874. The highest BCUT2D eigenvalue weighted by Crippen LogP contribution is 2.28. The molecule has 0 aliphatic heterocycles. The van der Waals surface area contributed by atoms with E-state index in [0.29, 0.717) is 6.54 Å². The second-order valence-electron chi connectivity index (χ2n) is 6.17. The van der Waals surface area contributed by atoms with Gasteiger partial charge in [0.05, 0.1) is 0 Å². The van der Waals surface area contributed by atoms with Gasteiger partial charge >= 0.3 is 0 Å². The molecule has 4 rings (SSSR count). The lowest BCUT2D eigenvalue weighted by Crippen LogP contribution is -2.17. The first kappa shape index (κ1) is 15.4. The third-order valence-corrected chi connectivity index (χ3v) is 4.59. The van der Waals surface area contributed by atoms with Crippen molar-refractivity contribution in [2.45, 2.75) is 6.42 Å². The molecule has 0 fully saturated rings. The molecule has 122 valence electrons. The van der Waals surface area contributed by atoms with E-state index in [1.165, 1.54) is 0 Å². The number of anilines is 2. The highest BCUT2D eigenvalue weighted by atomic mass is 16.1. The molecule has 0 N–H and O–H groups in total. The first-order chi connectivity index (χ1) is 12.3. The molecule has 0 aromatic heterocycles. The van der Waals surface area contributed by atoms with Crippen molar-refractivity contribution >= 4 is 17.2 Å². The molecule has 1 aliphatic carbocycles. The van der Waals surface area contributed by atoms with Gasteiger partial charge in [-0.25, -0.2) is 0 Å². The van der Waals surface area contributed by atoms with Gasteiger partial charge in [0.1, 0.15) is 0 Å². The van der Waals surface area contributed by atoms with Crippen molar-refractivity contribution in [3.05, 3.63) is 108 Å². The fourth-order valence-corrected chi connectivity index (χ4v) is 3.30. The van der Waals surface area contributed by atoms with Gasteiger partial charge in [-0.3, -0.25) is 4.79 Å². The van der Waals surface area contributed by atoms with Crippen LogP contribution in [0.3, 0.4) is 0 Å². The largest absolute Gasteiger partial charge is 0.338 e. The van der Waals surface area contributed by atoms with Gasteiger partial charge in [-0.1, -0.05) is 66.7 Å². The summed E-state index contributed by atoms with van der Waals surface area (Å²) in [5.41, 5.74) is 5.10. The highest BCUT2D eigenvalue weighted by molar-refractivity contribution is 6.13. The maximum Gasteiger partial charge on any atom is 0.189 e. The Balaban J connectivity index is 1.64. The highest BCUT2D eigenvalue weighted by Gasteiger charge is 2.24. The number of carbonyl (C=O) groups excluding carboxylic acids is 1. The van der Waals surface area contributed by atoms with Crippen molar-refractivity contribution in [1.29, 1.82) is 0 Å². The zero-order valence-corrected chi connectivity index (χ0v) is 13.9. The molecule has 3 aromatic rings.